The first kappa shape index (κ1) is 24.8. The van der Waals surface area contributed by atoms with Crippen LogP contribution in [0, 0.1) is 0 Å². The summed E-state index contributed by atoms with van der Waals surface area (Å²) in [6.45, 7) is 15.1. The van der Waals surface area contributed by atoms with Crippen molar-refractivity contribution in [1.82, 2.24) is 14.9 Å². The minimum Gasteiger partial charge on any atom is -0.336 e. The predicted molar refractivity (Wildman–Crippen MR) is 122 cm³/mol. The Bertz CT molecular complexity index is 814. The molecular formula is C23H39N3O3S. The van der Waals surface area contributed by atoms with Crippen LogP contribution in [0.25, 0.3) is 0 Å². The number of unbranched alkanes of at least 4 members (excludes halogenated alkanes) is 1. The summed E-state index contributed by atoms with van der Waals surface area (Å²) >= 11 is 0. The number of benzene rings is 1. The third kappa shape index (κ3) is 6.53. The van der Waals surface area contributed by atoms with Gasteiger partial charge in [0.25, 0.3) is 5.91 Å². The molecule has 1 aliphatic rings. The van der Waals surface area contributed by atoms with Crippen LogP contribution in [-0.2, 0) is 10.0 Å². The molecule has 1 aromatic carbocycles. The first-order chi connectivity index (χ1) is 13.8. The van der Waals surface area contributed by atoms with Crippen molar-refractivity contribution in [3.63, 3.8) is 0 Å². The van der Waals surface area contributed by atoms with Gasteiger partial charge in [-0.05, 0) is 85.1 Å². The van der Waals surface area contributed by atoms with Crippen LogP contribution in [0.3, 0.4) is 0 Å². The number of rotatable bonds is 8. The van der Waals surface area contributed by atoms with Gasteiger partial charge in [-0.25, -0.2) is 13.1 Å². The molecule has 0 bridgehead atoms. The fourth-order valence-electron chi connectivity index (χ4n) is 4.59. The molecule has 1 amide bonds. The molecule has 30 heavy (non-hydrogen) atoms. The molecule has 0 aliphatic carbocycles. The Kier molecular flexibility index (Phi) is 7.75. The SMILES string of the molecule is CCCCN(C(=O)c1ccc(S(=O)(=O)NC(C)C)cc1)C1CC(C)(C)NC(C)(C)C1. The first-order valence-corrected chi connectivity index (χ1v) is 12.5. The average Bonchev–Trinajstić information content (AvgIpc) is 2.58. The second-order valence-electron chi connectivity index (χ2n) is 10.1. The van der Waals surface area contributed by atoms with E-state index in [9.17, 15) is 13.2 Å². The molecule has 0 aromatic heterocycles. The van der Waals surface area contributed by atoms with Crippen LogP contribution < -0.4 is 10.0 Å². The Hall–Kier alpha value is -1.44. The van der Waals surface area contributed by atoms with Crippen molar-refractivity contribution in [3.05, 3.63) is 29.8 Å². The van der Waals surface area contributed by atoms with Gasteiger partial charge >= 0.3 is 0 Å². The summed E-state index contributed by atoms with van der Waals surface area (Å²) in [5.74, 6) is -0.0253. The third-order valence-corrected chi connectivity index (χ3v) is 7.10. The maximum atomic E-state index is 13.5. The minimum atomic E-state index is -3.57. The van der Waals surface area contributed by atoms with E-state index in [1.807, 2.05) is 4.90 Å². The van der Waals surface area contributed by atoms with Gasteiger partial charge in [0.05, 0.1) is 4.90 Å². The molecule has 0 saturated carbocycles. The van der Waals surface area contributed by atoms with Crippen LogP contribution in [0.5, 0.6) is 0 Å². The van der Waals surface area contributed by atoms with E-state index in [0.29, 0.717) is 12.1 Å². The molecule has 7 heteroatoms. The van der Waals surface area contributed by atoms with Gasteiger partial charge in [0.2, 0.25) is 10.0 Å². The predicted octanol–water partition coefficient (Wildman–Crippen LogP) is 3.92. The highest BCUT2D eigenvalue weighted by Crippen LogP contribution is 2.32. The highest BCUT2D eigenvalue weighted by Gasteiger charge is 2.41. The van der Waals surface area contributed by atoms with Crippen molar-refractivity contribution >= 4 is 15.9 Å². The average molecular weight is 438 g/mol. The van der Waals surface area contributed by atoms with E-state index in [2.05, 4.69) is 44.7 Å². The fraction of sp³-hybridized carbons (Fsp3) is 0.696. The largest absolute Gasteiger partial charge is 0.336 e. The molecule has 1 heterocycles. The van der Waals surface area contributed by atoms with Crippen molar-refractivity contribution in [3.8, 4) is 0 Å². The molecule has 2 N–H and O–H groups in total. The monoisotopic (exact) mass is 437 g/mol. The van der Waals surface area contributed by atoms with Crippen molar-refractivity contribution in [1.29, 1.82) is 0 Å². The van der Waals surface area contributed by atoms with Crippen LogP contribution in [0.1, 0.15) is 84.5 Å². The number of carbonyl (C=O) groups excluding carboxylic acids is 1. The molecule has 6 nitrogen and oxygen atoms in total. The standard InChI is InChI=1S/C23H39N3O3S/c1-8-9-14-26(19-15-22(4,5)25-23(6,7)16-19)21(27)18-10-12-20(13-11-18)30(28,29)24-17(2)3/h10-13,17,19,24-25H,8-9,14-16H2,1-7H3. The first-order valence-electron chi connectivity index (χ1n) is 11.0. The van der Waals surface area contributed by atoms with Gasteiger partial charge < -0.3 is 10.2 Å². The smallest absolute Gasteiger partial charge is 0.254 e. The maximum Gasteiger partial charge on any atom is 0.254 e. The fourth-order valence-corrected chi connectivity index (χ4v) is 5.84. The summed E-state index contributed by atoms with van der Waals surface area (Å²) in [5, 5.41) is 3.68. The van der Waals surface area contributed by atoms with Crippen LogP contribution in [0.4, 0.5) is 0 Å². The van der Waals surface area contributed by atoms with E-state index < -0.39 is 10.0 Å². The minimum absolute atomic E-state index is 0.0253. The van der Waals surface area contributed by atoms with E-state index in [1.54, 1.807) is 26.0 Å². The van der Waals surface area contributed by atoms with E-state index >= 15 is 0 Å². The van der Waals surface area contributed by atoms with Crippen molar-refractivity contribution in [2.24, 2.45) is 0 Å². The van der Waals surface area contributed by atoms with Crippen molar-refractivity contribution in [2.75, 3.05) is 6.54 Å². The second-order valence-corrected chi connectivity index (χ2v) is 11.8. The van der Waals surface area contributed by atoms with Crippen molar-refractivity contribution < 1.29 is 13.2 Å². The van der Waals surface area contributed by atoms with E-state index in [4.69, 9.17) is 0 Å². The van der Waals surface area contributed by atoms with Gasteiger partial charge in [0.1, 0.15) is 0 Å². The highest BCUT2D eigenvalue weighted by atomic mass is 32.2. The number of hydrogen-bond acceptors (Lipinski definition) is 4. The van der Waals surface area contributed by atoms with Gasteiger partial charge in [0, 0.05) is 35.3 Å². The molecule has 0 spiro atoms. The highest BCUT2D eigenvalue weighted by molar-refractivity contribution is 7.89. The summed E-state index contributed by atoms with van der Waals surface area (Å²) in [6.07, 6.45) is 3.73. The normalized spacial score (nSPS) is 19.1. The van der Waals surface area contributed by atoms with Gasteiger partial charge in [0.15, 0.2) is 0 Å². The Balaban J connectivity index is 2.29. The number of nitrogens with one attached hydrogen (secondary N) is 2. The second kappa shape index (κ2) is 9.37. The van der Waals surface area contributed by atoms with Gasteiger partial charge in [-0.1, -0.05) is 13.3 Å². The number of piperidine rings is 1. The van der Waals surface area contributed by atoms with Crippen LogP contribution >= 0.6 is 0 Å². The molecule has 170 valence electrons. The lowest BCUT2D eigenvalue weighted by Crippen LogP contribution is -2.62. The Morgan fingerprint density at radius 2 is 1.67 bits per heavy atom. The van der Waals surface area contributed by atoms with Crippen LogP contribution in [-0.4, -0.2) is 48.9 Å². The van der Waals surface area contributed by atoms with Crippen LogP contribution in [0.2, 0.25) is 0 Å². The molecule has 1 aromatic rings. The summed E-state index contributed by atoms with van der Waals surface area (Å²) in [4.78, 5) is 15.6. The number of nitrogens with zero attached hydrogens (tertiary/aromatic N) is 1. The molecular weight excluding hydrogens is 398 g/mol. The van der Waals surface area contributed by atoms with Gasteiger partial charge in [-0.15, -0.1) is 0 Å². The molecule has 1 aliphatic heterocycles. The molecule has 0 radical (unpaired) electrons. The molecule has 1 saturated heterocycles. The van der Waals surface area contributed by atoms with E-state index in [1.165, 1.54) is 12.1 Å². The topological polar surface area (TPSA) is 78.5 Å². The van der Waals surface area contributed by atoms with Crippen molar-refractivity contribution in [2.45, 2.75) is 102 Å². The number of hydrogen-bond donors (Lipinski definition) is 2. The number of amides is 1. The lowest BCUT2D eigenvalue weighted by molar-refractivity contribution is 0.0441. The Morgan fingerprint density at radius 1 is 1.13 bits per heavy atom. The van der Waals surface area contributed by atoms with Crippen LogP contribution in [0.15, 0.2) is 29.2 Å². The summed E-state index contributed by atoms with van der Waals surface area (Å²) in [5.41, 5.74) is 0.415. The summed E-state index contributed by atoms with van der Waals surface area (Å²) < 4.78 is 27.3. The molecule has 0 unspecified atom stereocenters. The zero-order chi connectivity index (χ0) is 22.7. The van der Waals surface area contributed by atoms with Gasteiger partial charge in [-0.2, -0.15) is 0 Å². The zero-order valence-electron chi connectivity index (χ0n) is 19.6. The Labute approximate surface area is 182 Å². The lowest BCUT2D eigenvalue weighted by Gasteiger charge is -2.49. The molecule has 1 fully saturated rings. The third-order valence-electron chi connectivity index (χ3n) is 5.43. The Morgan fingerprint density at radius 3 is 2.13 bits per heavy atom. The number of sulfonamides is 1. The summed E-state index contributed by atoms with van der Waals surface area (Å²) in [7, 11) is -3.57. The number of carbonyl (C=O) groups is 1. The molecule has 2 rings (SSSR count). The lowest BCUT2D eigenvalue weighted by atomic mass is 9.78. The van der Waals surface area contributed by atoms with E-state index in [-0.39, 0.29) is 34.0 Å². The molecule has 0 atom stereocenters. The summed E-state index contributed by atoms with van der Waals surface area (Å²) in [6, 6.07) is 6.26. The maximum absolute atomic E-state index is 13.5. The zero-order valence-corrected chi connectivity index (χ0v) is 20.4. The van der Waals surface area contributed by atoms with Gasteiger partial charge in [-0.3, -0.25) is 4.79 Å². The quantitative estimate of drug-likeness (QED) is 0.646. The van der Waals surface area contributed by atoms with E-state index in [0.717, 1.165) is 25.7 Å².